The molecule has 0 fully saturated rings. The average Bonchev–Trinajstić information content (AvgIpc) is 2.64. The molecule has 0 saturated heterocycles. The SMILES string of the molecule is C[N+](C)(CCCNC(=O)F)CC(=O)[O-].FC(F)OC(F)F.FCC(F)(F)F.FCN(C(F)F)C(F)F. The molecule has 0 aliphatic heterocycles. The van der Waals surface area contributed by atoms with Crippen molar-refractivity contribution >= 4 is 12.1 Å². The lowest BCUT2D eigenvalue weighted by molar-refractivity contribution is -0.884. The molecule has 7 nitrogen and oxygen atoms in total. The molecule has 0 aliphatic rings. The molecule has 0 aromatic rings. The van der Waals surface area contributed by atoms with E-state index in [-0.39, 0.29) is 17.6 Å². The van der Waals surface area contributed by atoms with Crippen LogP contribution in [0.25, 0.3) is 0 Å². The first-order valence-corrected chi connectivity index (χ1v) is 8.79. The van der Waals surface area contributed by atoms with Crippen LogP contribution in [0.2, 0.25) is 0 Å². The van der Waals surface area contributed by atoms with Crippen molar-refractivity contribution in [1.82, 2.24) is 10.2 Å². The minimum absolute atomic E-state index is 0.0937. The van der Waals surface area contributed by atoms with Crippen LogP contribution in [0.15, 0.2) is 0 Å². The van der Waals surface area contributed by atoms with Gasteiger partial charge in [0.1, 0.15) is 6.54 Å². The Morgan fingerprint density at radius 1 is 0.944 bits per heavy atom. The number of carboxylic acid groups (broad SMARTS) is 1. The summed E-state index contributed by atoms with van der Waals surface area (Å²) in [5.41, 5.74) is 0. The minimum Gasteiger partial charge on any atom is -0.544 e. The van der Waals surface area contributed by atoms with Crippen molar-refractivity contribution in [2.45, 2.75) is 38.9 Å². The van der Waals surface area contributed by atoms with Gasteiger partial charge in [0.25, 0.3) is 0 Å². The molecule has 0 aliphatic carbocycles. The van der Waals surface area contributed by atoms with Gasteiger partial charge >= 0.3 is 38.7 Å². The van der Waals surface area contributed by atoms with E-state index in [1.54, 1.807) is 14.1 Å². The fourth-order valence-corrected chi connectivity index (χ4v) is 1.39. The Labute approximate surface area is 195 Å². The summed E-state index contributed by atoms with van der Waals surface area (Å²) in [5.74, 6) is -1.12. The highest BCUT2D eigenvalue weighted by Crippen LogP contribution is 2.13. The number of alkyl halides is 13. The number of aliphatic carboxylic acids is 1. The molecule has 0 bridgehead atoms. The number of carbonyl (C=O) groups is 2. The molecule has 0 spiro atoms. The minimum atomic E-state index is -4.62. The number of carbonyl (C=O) groups excluding carboxylic acids is 2. The predicted octanol–water partition coefficient (Wildman–Crippen LogP) is 3.51. The molecule has 220 valence electrons. The van der Waals surface area contributed by atoms with Gasteiger partial charge in [-0.05, 0) is 0 Å². The fourth-order valence-electron chi connectivity index (χ4n) is 1.39. The highest BCUT2D eigenvalue weighted by Gasteiger charge is 2.26. The molecule has 21 heteroatoms. The maximum Gasteiger partial charge on any atom is 0.416 e. The number of nitrogens with one attached hydrogen (secondary N) is 1. The third-order valence-electron chi connectivity index (χ3n) is 2.76. The van der Waals surface area contributed by atoms with Gasteiger partial charge in [-0.15, -0.1) is 4.39 Å². The molecule has 1 N–H and O–H groups in total. The summed E-state index contributed by atoms with van der Waals surface area (Å²) in [4.78, 5) is 19.3. The predicted molar refractivity (Wildman–Crippen MR) is 90.9 cm³/mol. The van der Waals surface area contributed by atoms with Gasteiger partial charge in [-0.3, -0.25) is 4.74 Å². The van der Waals surface area contributed by atoms with Gasteiger partial charge in [0.15, 0.2) is 13.5 Å². The van der Waals surface area contributed by atoms with Gasteiger partial charge in [0.2, 0.25) is 0 Å². The summed E-state index contributed by atoms with van der Waals surface area (Å²) in [7, 11) is 3.46. The van der Waals surface area contributed by atoms with Gasteiger partial charge in [-0.25, -0.2) is 13.6 Å². The van der Waals surface area contributed by atoms with Crippen LogP contribution in [-0.4, -0.2) is 101 Å². The molecule has 36 heavy (non-hydrogen) atoms. The van der Waals surface area contributed by atoms with E-state index in [1.807, 2.05) is 5.32 Å². The van der Waals surface area contributed by atoms with E-state index in [0.29, 0.717) is 13.0 Å². The Balaban J connectivity index is -0.000000202. The van der Waals surface area contributed by atoms with Crippen molar-refractivity contribution < 1.29 is 85.4 Å². The lowest BCUT2D eigenvalue weighted by Gasteiger charge is -2.29. The molecule has 1 amide bonds. The number of hydrogen-bond acceptors (Lipinski definition) is 5. The number of ether oxygens (including phenoxy) is 1. The second-order valence-corrected chi connectivity index (χ2v) is 6.34. The number of hydrogen-bond donors (Lipinski definition) is 1. The highest BCUT2D eigenvalue weighted by atomic mass is 19.4. The van der Waals surface area contributed by atoms with Crippen LogP contribution in [0.3, 0.4) is 0 Å². The molecule has 0 atom stereocenters. The Kier molecular flexibility index (Phi) is 25.1. The van der Waals surface area contributed by atoms with E-state index in [0.717, 1.165) is 0 Å². The molecule has 0 radical (unpaired) electrons. The number of nitrogens with zero attached hydrogens (tertiary/aromatic N) is 2. The monoisotopic (exact) mass is 575 g/mol. The summed E-state index contributed by atoms with van der Waals surface area (Å²) in [6, 6.07) is 0. The van der Waals surface area contributed by atoms with Crippen molar-refractivity contribution in [3.05, 3.63) is 0 Å². The maximum absolute atomic E-state index is 11.7. The smallest absolute Gasteiger partial charge is 0.416 e. The number of rotatable bonds is 11. The van der Waals surface area contributed by atoms with Crippen LogP contribution >= 0.6 is 0 Å². The molecule has 0 saturated carbocycles. The fraction of sp³-hybridized carbons (Fsp3) is 0.867. The zero-order valence-corrected chi connectivity index (χ0v) is 18.4. The van der Waals surface area contributed by atoms with Crippen molar-refractivity contribution in [2.75, 3.05) is 47.2 Å². The average molecular weight is 575 g/mol. The Morgan fingerprint density at radius 3 is 1.50 bits per heavy atom. The van der Waals surface area contributed by atoms with Gasteiger partial charge in [0.05, 0.1) is 26.6 Å². The van der Waals surface area contributed by atoms with Crippen LogP contribution in [0.1, 0.15) is 6.42 Å². The Morgan fingerprint density at radius 2 is 1.33 bits per heavy atom. The lowest BCUT2D eigenvalue weighted by atomic mass is 10.3. The van der Waals surface area contributed by atoms with Crippen LogP contribution in [-0.2, 0) is 9.53 Å². The molecular weight excluding hydrogens is 552 g/mol. The first-order chi connectivity index (χ1) is 16.1. The van der Waals surface area contributed by atoms with E-state index < -0.39 is 63.0 Å². The number of halogens is 14. The second kappa shape index (κ2) is 22.1. The van der Waals surface area contributed by atoms with Crippen LogP contribution in [0.5, 0.6) is 0 Å². The van der Waals surface area contributed by atoms with Crippen LogP contribution < -0.4 is 10.4 Å². The largest absolute Gasteiger partial charge is 0.544 e. The standard InChI is InChI=1S/C8H15FN2O3.C3H4F5N.C2H2F4O.C2H2F4/c1-11(2,6-7(12)13)5-3-4-10-8(9)14;4-1-9(2(5)6)3(7)8;3-1(4)7-2(5)6;3-1-2(4,5)6/h3-6H2,1-2H3,(H-,10,12,13,14);2-3H,1H2;1-2H;1H2. The number of likely N-dealkylation sites (N-methyl/N-ethyl adjacent to an activating group) is 1. The normalized spacial score (nSPS) is 11.5. The van der Waals surface area contributed by atoms with E-state index >= 15 is 0 Å². The zero-order valence-electron chi connectivity index (χ0n) is 18.4. The summed E-state index contributed by atoms with van der Waals surface area (Å²) >= 11 is 0. The van der Waals surface area contributed by atoms with Gasteiger partial charge < -0.3 is 19.7 Å². The molecule has 0 heterocycles. The topological polar surface area (TPSA) is 81.7 Å². The Hall–Kier alpha value is -2.16. The third kappa shape index (κ3) is 39.1. The molecule has 0 unspecified atom stereocenters. The highest BCUT2D eigenvalue weighted by molar-refractivity contribution is 5.65. The van der Waals surface area contributed by atoms with Crippen molar-refractivity contribution in [2.24, 2.45) is 0 Å². The first-order valence-electron chi connectivity index (χ1n) is 8.79. The van der Waals surface area contributed by atoms with Crippen molar-refractivity contribution in [3.63, 3.8) is 0 Å². The van der Waals surface area contributed by atoms with Gasteiger partial charge in [0, 0.05) is 13.0 Å². The quantitative estimate of drug-likeness (QED) is 0.134. The summed E-state index contributed by atoms with van der Waals surface area (Å²) in [5, 5.41) is 12.3. The molecule has 0 aromatic carbocycles. The lowest BCUT2D eigenvalue weighted by Crippen LogP contribution is -2.49. The maximum atomic E-state index is 11.7. The Bertz CT molecular complexity index is 540. The molecule has 0 aromatic heterocycles. The summed E-state index contributed by atoms with van der Waals surface area (Å²) in [6.07, 6.45) is -5.66. The van der Waals surface area contributed by atoms with Crippen LogP contribution in [0, 0.1) is 0 Å². The molecular formula is C15H23F14N3O4. The van der Waals surface area contributed by atoms with E-state index in [2.05, 4.69) is 4.74 Å². The summed E-state index contributed by atoms with van der Waals surface area (Å²) in [6.45, 7) is -17.0. The van der Waals surface area contributed by atoms with E-state index in [1.165, 1.54) is 0 Å². The zero-order chi connectivity index (χ0) is 29.7. The van der Waals surface area contributed by atoms with E-state index in [9.17, 15) is 76.2 Å². The van der Waals surface area contributed by atoms with Crippen LogP contribution in [0.4, 0.5) is 66.3 Å². The van der Waals surface area contributed by atoms with Crippen molar-refractivity contribution in [3.8, 4) is 0 Å². The van der Waals surface area contributed by atoms with E-state index in [4.69, 9.17) is 0 Å². The second-order valence-electron chi connectivity index (χ2n) is 6.34. The first kappa shape index (κ1) is 41.0. The molecule has 0 rings (SSSR count). The third-order valence-corrected chi connectivity index (χ3v) is 2.76. The van der Waals surface area contributed by atoms with Crippen molar-refractivity contribution in [1.29, 1.82) is 0 Å². The number of amides is 1. The number of carboxylic acids is 1. The van der Waals surface area contributed by atoms with Gasteiger partial charge in [-0.2, -0.15) is 53.2 Å². The number of quaternary nitrogens is 1. The van der Waals surface area contributed by atoms with Gasteiger partial charge in [-0.1, -0.05) is 0 Å². The summed E-state index contributed by atoms with van der Waals surface area (Å²) < 4.78 is 154.